The van der Waals surface area contributed by atoms with Crippen LogP contribution in [0.15, 0.2) is 12.7 Å². The molecule has 2 N–H and O–H groups in total. The topological polar surface area (TPSA) is 71.6 Å². The number of rotatable bonds is 3. The summed E-state index contributed by atoms with van der Waals surface area (Å²) in [5, 5.41) is 15.9. The third-order valence-electron chi connectivity index (χ3n) is 0.601. The van der Waals surface area contributed by atoms with Crippen molar-refractivity contribution in [1.82, 2.24) is 5.48 Å². The van der Waals surface area contributed by atoms with E-state index in [0.717, 1.165) is 6.08 Å². The van der Waals surface area contributed by atoms with Crippen molar-refractivity contribution in [3.8, 4) is 0 Å². The van der Waals surface area contributed by atoms with Gasteiger partial charge in [0.1, 0.15) is 0 Å². The molecule has 0 spiro atoms. The Morgan fingerprint density at radius 2 is 2.38 bits per heavy atom. The fraction of sp³-hybridized carbons (Fsp3) is 0.250. The molecule has 0 aliphatic carbocycles. The van der Waals surface area contributed by atoms with Gasteiger partial charge in [0.05, 0.1) is 0 Å². The zero-order valence-electron chi connectivity index (χ0n) is 4.11. The van der Waals surface area contributed by atoms with Crippen molar-refractivity contribution >= 4 is 5.97 Å². The Bertz CT molecular complexity index is 101. The largest absolute Gasteiger partial charge is 0.480 e. The van der Waals surface area contributed by atoms with Gasteiger partial charge in [-0.1, -0.05) is 11.6 Å². The van der Waals surface area contributed by atoms with Crippen molar-refractivity contribution in [2.45, 2.75) is 6.04 Å². The fourth-order valence-corrected chi connectivity index (χ4v) is 0.197. The summed E-state index contributed by atoms with van der Waals surface area (Å²) in [6, 6.07) is -1.19. The van der Waals surface area contributed by atoms with Crippen LogP contribution >= 0.6 is 0 Å². The summed E-state index contributed by atoms with van der Waals surface area (Å²) in [5.74, 6) is -1.21. The van der Waals surface area contributed by atoms with Crippen LogP contribution in [0, 0.1) is 0 Å². The van der Waals surface area contributed by atoms with E-state index in [0.29, 0.717) is 0 Å². The molecule has 1 unspecified atom stereocenters. The number of carbonyl (C=O) groups is 1. The highest BCUT2D eigenvalue weighted by atomic mass is 16.5. The van der Waals surface area contributed by atoms with Gasteiger partial charge >= 0.3 is 5.97 Å². The third-order valence-corrected chi connectivity index (χ3v) is 0.601. The number of carboxylic acids is 1. The van der Waals surface area contributed by atoms with Crippen molar-refractivity contribution in [3.63, 3.8) is 0 Å². The van der Waals surface area contributed by atoms with Crippen molar-refractivity contribution in [3.05, 3.63) is 12.7 Å². The lowest BCUT2D eigenvalue weighted by Crippen LogP contribution is -2.26. The number of nitrogens with zero attached hydrogens (tertiary/aromatic N) is 1. The molecule has 1 atom stereocenters. The molecule has 0 aliphatic rings. The van der Waals surface area contributed by atoms with Crippen LogP contribution in [0.4, 0.5) is 0 Å². The van der Waals surface area contributed by atoms with E-state index in [9.17, 15) is 4.79 Å². The highest BCUT2D eigenvalue weighted by Gasteiger charge is 2.11. The Morgan fingerprint density at radius 3 is 2.38 bits per heavy atom. The van der Waals surface area contributed by atoms with Crippen molar-refractivity contribution in [2.75, 3.05) is 0 Å². The zero-order valence-corrected chi connectivity index (χ0v) is 4.11. The highest BCUT2D eigenvalue weighted by molar-refractivity contribution is 5.75. The number of hydroxylamine groups is 1. The standard InChI is InChI=1S/C4H6NO3/c1-2-3(5-8)4(6)7/h2-3,8H,1H2,(H,6,7). The second-order valence-electron chi connectivity index (χ2n) is 1.13. The molecule has 0 saturated heterocycles. The minimum Gasteiger partial charge on any atom is -0.480 e. The van der Waals surface area contributed by atoms with E-state index in [1.807, 2.05) is 0 Å². The molecule has 8 heavy (non-hydrogen) atoms. The van der Waals surface area contributed by atoms with Gasteiger partial charge in [0, 0.05) is 0 Å². The minimum atomic E-state index is -1.21. The summed E-state index contributed by atoms with van der Waals surface area (Å²) in [5.41, 5.74) is 2.49. The minimum absolute atomic E-state index is 1.03. The maximum absolute atomic E-state index is 9.84. The Kier molecular flexibility index (Phi) is 2.83. The number of hydrogen-bond donors (Lipinski definition) is 2. The maximum Gasteiger partial charge on any atom is 0.329 e. The smallest absolute Gasteiger partial charge is 0.329 e. The summed E-state index contributed by atoms with van der Waals surface area (Å²) in [6.07, 6.45) is 1.03. The van der Waals surface area contributed by atoms with Crippen LogP contribution in [0.2, 0.25) is 0 Å². The van der Waals surface area contributed by atoms with Crippen LogP contribution in [0.3, 0.4) is 0 Å². The first-order chi connectivity index (χ1) is 3.72. The summed E-state index contributed by atoms with van der Waals surface area (Å²) < 4.78 is 0. The molecular formula is C4H6NO3. The SMILES string of the molecule is C=CC([N]O)C(=O)O. The van der Waals surface area contributed by atoms with E-state index in [1.54, 1.807) is 0 Å². The lowest BCUT2D eigenvalue weighted by atomic mass is 10.3. The van der Waals surface area contributed by atoms with Crippen LogP contribution in [0.5, 0.6) is 0 Å². The van der Waals surface area contributed by atoms with E-state index < -0.39 is 12.0 Å². The molecule has 4 nitrogen and oxygen atoms in total. The van der Waals surface area contributed by atoms with E-state index >= 15 is 0 Å². The quantitative estimate of drug-likeness (QED) is 0.390. The van der Waals surface area contributed by atoms with Crippen molar-refractivity contribution in [1.29, 1.82) is 0 Å². The monoisotopic (exact) mass is 116 g/mol. The molecule has 1 radical (unpaired) electrons. The van der Waals surface area contributed by atoms with Crippen LogP contribution < -0.4 is 5.48 Å². The second kappa shape index (κ2) is 3.17. The first kappa shape index (κ1) is 7.13. The summed E-state index contributed by atoms with van der Waals surface area (Å²) in [6.45, 7) is 3.12. The molecule has 0 aromatic rings. The molecule has 0 aliphatic heterocycles. The summed E-state index contributed by atoms with van der Waals surface area (Å²) in [4.78, 5) is 9.84. The number of aliphatic carboxylic acids is 1. The molecule has 45 valence electrons. The Balaban J connectivity index is 3.69. The number of carboxylic acid groups (broad SMARTS) is 1. The number of hydrogen-bond acceptors (Lipinski definition) is 2. The molecule has 0 rings (SSSR count). The van der Waals surface area contributed by atoms with E-state index in [2.05, 4.69) is 12.1 Å². The van der Waals surface area contributed by atoms with Gasteiger partial charge in [0.2, 0.25) is 0 Å². The average Bonchev–Trinajstić information content (AvgIpc) is 1.69. The summed E-state index contributed by atoms with van der Waals surface area (Å²) >= 11 is 0. The molecule has 4 heteroatoms. The second-order valence-corrected chi connectivity index (χ2v) is 1.13. The first-order valence-electron chi connectivity index (χ1n) is 1.92. The third kappa shape index (κ3) is 1.72. The molecule has 0 saturated carbocycles. The van der Waals surface area contributed by atoms with Gasteiger partial charge in [-0.3, -0.25) is 10.0 Å². The van der Waals surface area contributed by atoms with Gasteiger partial charge in [0.25, 0.3) is 0 Å². The van der Waals surface area contributed by atoms with Crippen molar-refractivity contribution in [2.24, 2.45) is 0 Å². The normalized spacial score (nSPS) is 12.6. The highest BCUT2D eigenvalue weighted by Crippen LogP contribution is 1.82. The molecule has 0 heterocycles. The van der Waals surface area contributed by atoms with Gasteiger partial charge in [0.15, 0.2) is 6.04 Å². The lowest BCUT2D eigenvalue weighted by molar-refractivity contribution is -0.140. The average molecular weight is 116 g/mol. The van der Waals surface area contributed by atoms with Crippen LogP contribution in [-0.2, 0) is 4.79 Å². The van der Waals surface area contributed by atoms with Crippen molar-refractivity contribution < 1.29 is 15.1 Å². The Hall–Kier alpha value is -0.870. The van der Waals surface area contributed by atoms with Gasteiger partial charge in [-0.05, 0) is 0 Å². The van der Waals surface area contributed by atoms with Crippen LogP contribution in [0.1, 0.15) is 0 Å². The summed E-state index contributed by atoms with van der Waals surface area (Å²) in [7, 11) is 0. The molecule has 0 amide bonds. The molecular weight excluding hydrogens is 110 g/mol. The molecule has 0 fully saturated rings. The maximum atomic E-state index is 9.84. The van der Waals surface area contributed by atoms with E-state index in [4.69, 9.17) is 10.3 Å². The van der Waals surface area contributed by atoms with Gasteiger partial charge in [-0.15, -0.1) is 6.58 Å². The molecule has 0 aromatic carbocycles. The van der Waals surface area contributed by atoms with E-state index in [1.165, 1.54) is 0 Å². The Morgan fingerprint density at radius 1 is 1.88 bits per heavy atom. The first-order valence-corrected chi connectivity index (χ1v) is 1.92. The molecule has 0 bridgehead atoms. The van der Waals surface area contributed by atoms with E-state index in [-0.39, 0.29) is 0 Å². The predicted molar refractivity (Wildman–Crippen MR) is 25.5 cm³/mol. The zero-order chi connectivity index (χ0) is 6.57. The van der Waals surface area contributed by atoms with Gasteiger partial charge in [-0.25, -0.2) is 0 Å². The predicted octanol–water partition coefficient (Wildman–Crippen LogP) is -0.381. The van der Waals surface area contributed by atoms with Crippen LogP contribution in [-0.4, -0.2) is 22.3 Å². The van der Waals surface area contributed by atoms with Gasteiger partial charge < -0.3 is 5.11 Å². The van der Waals surface area contributed by atoms with Gasteiger partial charge in [-0.2, -0.15) is 0 Å². The lowest BCUT2D eigenvalue weighted by Gasteiger charge is -1.97. The van der Waals surface area contributed by atoms with Crippen LogP contribution in [0.25, 0.3) is 0 Å². The fourth-order valence-electron chi connectivity index (χ4n) is 0.197. The Labute approximate surface area is 46.4 Å². The molecule has 0 aromatic heterocycles.